The van der Waals surface area contributed by atoms with Crippen LogP contribution in [0.2, 0.25) is 0 Å². The third-order valence-corrected chi connectivity index (χ3v) is 6.06. The van der Waals surface area contributed by atoms with E-state index in [-0.39, 0.29) is 11.9 Å². The van der Waals surface area contributed by atoms with Crippen LogP contribution < -0.4 is 20.9 Å². The highest BCUT2D eigenvalue weighted by molar-refractivity contribution is 9.10. The van der Waals surface area contributed by atoms with Crippen LogP contribution in [0.5, 0.6) is 0 Å². The Morgan fingerprint density at radius 2 is 1.72 bits per heavy atom. The van der Waals surface area contributed by atoms with Crippen molar-refractivity contribution in [3.63, 3.8) is 0 Å². The van der Waals surface area contributed by atoms with Gasteiger partial charge in [-0.2, -0.15) is 0 Å². The average molecular weight is 503 g/mol. The zero-order valence-corrected chi connectivity index (χ0v) is 20.2. The van der Waals surface area contributed by atoms with Crippen LogP contribution in [0.15, 0.2) is 46.9 Å². The molecule has 0 bridgehead atoms. The molecule has 32 heavy (non-hydrogen) atoms. The number of methoxy groups -OCH3 is 1. The van der Waals surface area contributed by atoms with Gasteiger partial charge in [0.2, 0.25) is 0 Å². The van der Waals surface area contributed by atoms with Crippen LogP contribution in [0.25, 0.3) is 0 Å². The van der Waals surface area contributed by atoms with E-state index in [1.807, 2.05) is 36.4 Å². The normalized spacial score (nSPS) is 14.2. The molecule has 8 heteroatoms. The number of nitrogens with one attached hydrogen (secondary N) is 3. The van der Waals surface area contributed by atoms with E-state index < -0.39 is 0 Å². The lowest BCUT2D eigenvalue weighted by Crippen LogP contribution is -2.35. The van der Waals surface area contributed by atoms with E-state index in [9.17, 15) is 9.59 Å². The number of rotatable bonds is 8. The standard InChI is InChI=1S/C24H31BrN4O3/c1-17-10-13-29(14-11-17)22-9-8-20(16-21(22)23(30)26-12-3-15-32-2)28-24(31)27-19-6-4-18(25)5-7-19/h4-9,16-17H,3,10-15H2,1-2H3,(H,26,30)(H2,27,28,31). The summed E-state index contributed by atoms with van der Waals surface area (Å²) in [5.41, 5.74) is 2.72. The van der Waals surface area contributed by atoms with Gasteiger partial charge in [0.25, 0.3) is 5.91 Å². The van der Waals surface area contributed by atoms with Gasteiger partial charge in [0.1, 0.15) is 0 Å². The number of carbonyl (C=O) groups is 2. The fourth-order valence-electron chi connectivity index (χ4n) is 3.66. The van der Waals surface area contributed by atoms with Gasteiger partial charge in [0.15, 0.2) is 0 Å². The number of benzene rings is 2. The summed E-state index contributed by atoms with van der Waals surface area (Å²) in [4.78, 5) is 27.7. The molecule has 3 N–H and O–H groups in total. The number of urea groups is 1. The largest absolute Gasteiger partial charge is 0.385 e. The first-order valence-electron chi connectivity index (χ1n) is 11.0. The van der Waals surface area contributed by atoms with Crippen LogP contribution in [0.4, 0.5) is 21.9 Å². The summed E-state index contributed by atoms with van der Waals surface area (Å²) in [5.74, 6) is 0.549. The smallest absolute Gasteiger partial charge is 0.323 e. The molecule has 2 aromatic carbocycles. The van der Waals surface area contributed by atoms with Gasteiger partial charge < -0.3 is 25.6 Å². The lowest BCUT2D eigenvalue weighted by Gasteiger charge is -2.33. The number of amides is 3. The fraction of sp³-hybridized carbons (Fsp3) is 0.417. The Balaban J connectivity index is 1.74. The van der Waals surface area contributed by atoms with Crippen molar-refractivity contribution in [3.8, 4) is 0 Å². The van der Waals surface area contributed by atoms with Crippen LogP contribution in [0.1, 0.15) is 36.5 Å². The van der Waals surface area contributed by atoms with E-state index in [1.54, 1.807) is 13.2 Å². The van der Waals surface area contributed by atoms with Crippen LogP contribution in [-0.4, -0.2) is 45.3 Å². The number of ether oxygens (including phenoxy) is 1. The van der Waals surface area contributed by atoms with Crippen molar-refractivity contribution < 1.29 is 14.3 Å². The van der Waals surface area contributed by atoms with E-state index in [4.69, 9.17) is 4.74 Å². The zero-order valence-electron chi connectivity index (χ0n) is 18.6. The number of nitrogens with zero attached hydrogens (tertiary/aromatic N) is 1. The molecule has 1 heterocycles. The lowest BCUT2D eigenvalue weighted by atomic mass is 9.98. The minimum atomic E-state index is -0.363. The molecular formula is C24H31BrN4O3. The van der Waals surface area contributed by atoms with Crippen molar-refractivity contribution in [3.05, 3.63) is 52.5 Å². The second kappa shape index (κ2) is 11.9. The number of piperidine rings is 1. The molecule has 1 saturated heterocycles. The summed E-state index contributed by atoms with van der Waals surface area (Å²) >= 11 is 3.38. The van der Waals surface area contributed by atoms with Crippen molar-refractivity contribution in [1.82, 2.24) is 5.32 Å². The Bertz CT molecular complexity index is 912. The van der Waals surface area contributed by atoms with E-state index in [2.05, 4.69) is 43.7 Å². The van der Waals surface area contributed by atoms with E-state index in [1.165, 1.54) is 0 Å². The SMILES string of the molecule is COCCCNC(=O)c1cc(NC(=O)Nc2ccc(Br)cc2)ccc1N1CCC(C)CC1. The molecule has 3 amide bonds. The third kappa shape index (κ3) is 6.97. The summed E-state index contributed by atoms with van der Waals surface area (Å²) in [6, 6.07) is 12.5. The van der Waals surface area contributed by atoms with Crippen molar-refractivity contribution in [1.29, 1.82) is 0 Å². The third-order valence-electron chi connectivity index (χ3n) is 5.54. The second-order valence-corrected chi connectivity index (χ2v) is 9.01. The van der Waals surface area contributed by atoms with Gasteiger partial charge in [-0.15, -0.1) is 0 Å². The maximum atomic E-state index is 13.0. The summed E-state index contributed by atoms with van der Waals surface area (Å²) in [5, 5.41) is 8.60. The molecule has 0 saturated carbocycles. The van der Waals surface area contributed by atoms with Gasteiger partial charge in [-0.25, -0.2) is 4.79 Å². The molecule has 172 valence electrons. The molecule has 0 spiro atoms. The number of hydrogen-bond donors (Lipinski definition) is 3. The topological polar surface area (TPSA) is 82.7 Å². The Hall–Kier alpha value is -2.58. The Morgan fingerprint density at radius 1 is 1.06 bits per heavy atom. The predicted octanol–water partition coefficient (Wildman–Crippen LogP) is 5.10. The molecule has 0 aliphatic carbocycles. The van der Waals surface area contributed by atoms with E-state index in [0.29, 0.717) is 36.0 Å². The van der Waals surface area contributed by atoms with Crippen LogP contribution in [0, 0.1) is 5.92 Å². The molecule has 1 fully saturated rings. The Kier molecular flexibility index (Phi) is 8.93. The maximum Gasteiger partial charge on any atom is 0.323 e. The van der Waals surface area contributed by atoms with Crippen molar-refractivity contribution in [2.45, 2.75) is 26.2 Å². The first-order valence-corrected chi connectivity index (χ1v) is 11.8. The van der Waals surface area contributed by atoms with Crippen LogP contribution in [-0.2, 0) is 4.74 Å². The number of anilines is 3. The number of hydrogen-bond acceptors (Lipinski definition) is 4. The van der Waals surface area contributed by atoms with Gasteiger partial charge in [0, 0.05) is 54.9 Å². The van der Waals surface area contributed by atoms with E-state index in [0.717, 1.165) is 42.5 Å². The molecule has 2 aromatic rings. The monoisotopic (exact) mass is 502 g/mol. The van der Waals surface area contributed by atoms with Crippen molar-refractivity contribution >= 4 is 44.9 Å². The molecular weight excluding hydrogens is 472 g/mol. The fourth-order valence-corrected chi connectivity index (χ4v) is 3.93. The lowest BCUT2D eigenvalue weighted by molar-refractivity contribution is 0.0949. The highest BCUT2D eigenvalue weighted by Gasteiger charge is 2.22. The number of halogens is 1. The summed E-state index contributed by atoms with van der Waals surface area (Å²) in [6.07, 6.45) is 2.95. The maximum absolute atomic E-state index is 13.0. The van der Waals surface area contributed by atoms with Gasteiger partial charge in [0.05, 0.1) is 5.56 Å². The molecule has 7 nitrogen and oxygen atoms in total. The predicted molar refractivity (Wildman–Crippen MR) is 133 cm³/mol. The minimum Gasteiger partial charge on any atom is -0.385 e. The van der Waals surface area contributed by atoms with Gasteiger partial charge in [-0.1, -0.05) is 22.9 Å². The van der Waals surface area contributed by atoms with Gasteiger partial charge in [-0.05, 0) is 67.6 Å². The summed E-state index contributed by atoms with van der Waals surface area (Å²) < 4.78 is 6.00. The highest BCUT2D eigenvalue weighted by atomic mass is 79.9. The Labute approximate surface area is 198 Å². The second-order valence-electron chi connectivity index (χ2n) is 8.09. The quantitative estimate of drug-likeness (QED) is 0.438. The van der Waals surface area contributed by atoms with Crippen LogP contribution >= 0.6 is 15.9 Å². The molecule has 1 aliphatic rings. The van der Waals surface area contributed by atoms with Crippen LogP contribution in [0.3, 0.4) is 0 Å². The molecule has 0 unspecified atom stereocenters. The number of carbonyl (C=O) groups excluding carboxylic acids is 2. The highest BCUT2D eigenvalue weighted by Crippen LogP contribution is 2.29. The molecule has 3 rings (SSSR count). The molecule has 1 aliphatic heterocycles. The molecule has 0 atom stereocenters. The molecule has 0 aromatic heterocycles. The average Bonchev–Trinajstić information content (AvgIpc) is 2.79. The van der Waals surface area contributed by atoms with E-state index >= 15 is 0 Å². The first kappa shape index (κ1) is 24.1. The first-order chi connectivity index (χ1) is 15.5. The van der Waals surface area contributed by atoms with Crippen molar-refractivity contribution in [2.24, 2.45) is 5.92 Å². The van der Waals surface area contributed by atoms with Gasteiger partial charge in [-0.3, -0.25) is 4.79 Å². The Morgan fingerprint density at radius 3 is 2.41 bits per heavy atom. The minimum absolute atomic E-state index is 0.147. The molecule has 0 radical (unpaired) electrons. The van der Waals surface area contributed by atoms with Gasteiger partial charge >= 0.3 is 6.03 Å². The summed E-state index contributed by atoms with van der Waals surface area (Å²) in [6.45, 7) is 5.22. The zero-order chi connectivity index (χ0) is 22.9. The summed E-state index contributed by atoms with van der Waals surface area (Å²) in [7, 11) is 1.64. The van der Waals surface area contributed by atoms with Crippen molar-refractivity contribution in [2.75, 3.05) is 48.9 Å².